The minimum absolute atomic E-state index is 0.0887. The van der Waals surface area contributed by atoms with E-state index in [0.717, 1.165) is 0 Å². The molecule has 0 rings (SSSR count). The van der Waals surface area contributed by atoms with E-state index in [1.807, 2.05) is 34.6 Å². The number of rotatable bonds is 2. The second kappa shape index (κ2) is 3.53. The third-order valence-corrected chi connectivity index (χ3v) is 5.13. The third kappa shape index (κ3) is 4.91. The Bertz CT molecular complexity index is 174. The summed E-state index contributed by atoms with van der Waals surface area (Å²) in [6, 6.07) is 0. The summed E-state index contributed by atoms with van der Waals surface area (Å²) < 4.78 is 0. The van der Waals surface area contributed by atoms with Crippen LogP contribution in [-0.2, 0) is 11.8 Å². The summed E-state index contributed by atoms with van der Waals surface area (Å²) in [6.45, 7) is 9.91. The van der Waals surface area contributed by atoms with Crippen molar-refractivity contribution in [3.63, 3.8) is 0 Å². The highest BCUT2D eigenvalue weighted by Gasteiger charge is 2.23. The van der Waals surface area contributed by atoms with Gasteiger partial charge < -0.3 is 4.89 Å². The number of hydrogen-bond donors (Lipinski definition) is 2. The molecular weight excluding hydrogens is 177 g/mol. The largest absolute Gasteiger partial charge is 0.354 e. The topological polar surface area (TPSA) is 32.3 Å². The fourth-order valence-electron chi connectivity index (χ4n) is 0.610. The second-order valence-electron chi connectivity index (χ2n) is 4.08. The van der Waals surface area contributed by atoms with Crippen LogP contribution in [0.15, 0.2) is 0 Å². The van der Waals surface area contributed by atoms with E-state index >= 15 is 0 Å². The van der Waals surface area contributed by atoms with Crippen molar-refractivity contribution in [2.24, 2.45) is 0 Å². The zero-order chi connectivity index (χ0) is 9.28. The lowest BCUT2D eigenvalue weighted by molar-refractivity contribution is 0.485. The molecule has 0 spiro atoms. The summed E-state index contributed by atoms with van der Waals surface area (Å²) in [5.74, 6) is 0. The van der Waals surface area contributed by atoms with Gasteiger partial charge in [0.25, 0.3) is 0 Å². The SMILES string of the molecule is CC(C)P(O)(=S)NC(C)(C)C. The molecule has 4 heteroatoms. The van der Waals surface area contributed by atoms with Gasteiger partial charge in [-0.05, 0) is 20.8 Å². The fraction of sp³-hybridized carbons (Fsp3) is 1.00. The van der Waals surface area contributed by atoms with Crippen molar-refractivity contribution in [3.05, 3.63) is 0 Å². The molecule has 0 aliphatic carbocycles. The van der Waals surface area contributed by atoms with Gasteiger partial charge in [0.15, 0.2) is 0 Å². The molecule has 68 valence electrons. The van der Waals surface area contributed by atoms with Gasteiger partial charge in [-0.15, -0.1) is 0 Å². The summed E-state index contributed by atoms with van der Waals surface area (Å²) >= 11 is 5.07. The molecule has 0 fully saturated rings. The van der Waals surface area contributed by atoms with Gasteiger partial charge in [-0.2, -0.15) is 0 Å². The van der Waals surface area contributed by atoms with Crippen molar-refractivity contribution in [2.45, 2.75) is 45.8 Å². The lowest BCUT2D eigenvalue weighted by atomic mass is 10.1. The van der Waals surface area contributed by atoms with E-state index in [0.29, 0.717) is 0 Å². The number of nitrogens with one attached hydrogen (secondary N) is 1. The van der Waals surface area contributed by atoms with E-state index in [4.69, 9.17) is 11.8 Å². The predicted octanol–water partition coefficient (Wildman–Crippen LogP) is 2.08. The highest BCUT2D eigenvalue weighted by molar-refractivity contribution is 8.11. The zero-order valence-corrected chi connectivity index (χ0v) is 9.59. The van der Waals surface area contributed by atoms with Crippen molar-refractivity contribution >= 4 is 18.2 Å². The third-order valence-electron chi connectivity index (χ3n) is 1.20. The molecule has 0 radical (unpaired) electrons. The van der Waals surface area contributed by atoms with Crippen LogP contribution in [0.3, 0.4) is 0 Å². The molecule has 2 N–H and O–H groups in total. The molecule has 0 bridgehead atoms. The van der Waals surface area contributed by atoms with Crippen LogP contribution in [-0.4, -0.2) is 16.1 Å². The van der Waals surface area contributed by atoms with Crippen molar-refractivity contribution in [3.8, 4) is 0 Å². The van der Waals surface area contributed by atoms with Gasteiger partial charge in [0, 0.05) is 11.2 Å². The molecule has 0 heterocycles. The molecule has 11 heavy (non-hydrogen) atoms. The van der Waals surface area contributed by atoms with Crippen LogP contribution in [0, 0.1) is 0 Å². The van der Waals surface area contributed by atoms with Crippen LogP contribution in [0.2, 0.25) is 0 Å². The number of hydrogen-bond acceptors (Lipinski definition) is 1. The van der Waals surface area contributed by atoms with Crippen molar-refractivity contribution in [2.75, 3.05) is 0 Å². The Labute approximate surface area is 74.5 Å². The minimum atomic E-state index is -2.30. The van der Waals surface area contributed by atoms with Crippen molar-refractivity contribution in [1.29, 1.82) is 0 Å². The average molecular weight is 195 g/mol. The predicted molar refractivity (Wildman–Crippen MR) is 54.5 cm³/mol. The molecule has 0 saturated carbocycles. The Morgan fingerprint density at radius 1 is 1.36 bits per heavy atom. The average Bonchev–Trinajstić information content (AvgIpc) is 1.56. The molecule has 0 aliphatic rings. The van der Waals surface area contributed by atoms with Crippen LogP contribution in [0.1, 0.15) is 34.6 Å². The molecule has 1 atom stereocenters. The van der Waals surface area contributed by atoms with Crippen LogP contribution < -0.4 is 5.09 Å². The molecule has 0 amide bonds. The van der Waals surface area contributed by atoms with E-state index in [-0.39, 0.29) is 11.2 Å². The highest BCUT2D eigenvalue weighted by Crippen LogP contribution is 2.43. The van der Waals surface area contributed by atoms with Crippen LogP contribution >= 0.6 is 6.42 Å². The maximum absolute atomic E-state index is 9.74. The van der Waals surface area contributed by atoms with Crippen LogP contribution in [0.4, 0.5) is 0 Å². The second-order valence-corrected chi connectivity index (χ2v) is 8.25. The minimum Gasteiger partial charge on any atom is -0.354 e. The molecule has 0 aliphatic heterocycles. The Hall–Kier alpha value is 0.570. The van der Waals surface area contributed by atoms with Crippen LogP contribution in [0.5, 0.6) is 0 Å². The highest BCUT2D eigenvalue weighted by atomic mass is 32.4. The summed E-state index contributed by atoms with van der Waals surface area (Å²) in [4.78, 5) is 9.74. The van der Waals surface area contributed by atoms with Crippen LogP contribution in [0.25, 0.3) is 0 Å². The Morgan fingerprint density at radius 2 is 1.73 bits per heavy atom. The normalized spacial score (nSPS) is 18.5. The standard InChI is InChI=1S/C7H18NOPS/c1-6(2)10(9,11)8-7(3,4)5/h6H,1-5H3,(H2,8,9,11). The van der Waals surface area contributed by atoms with Gasteiger partial charge in [0.1, 0.15) is 6.42 Å². The maximum atomic E-state index is 9.74. The van der Waals surface area contributed by atoms with Gasteiger partial charge in [0.05, 0.1) is 0 Å². The molecule has 0 aromatic heterocycles. The summed E-state index contributed by atoms with van der Waals surface area (Å²) in [5.41, 5.74) is 0.0610. The summed E-state index contributed by atoms with van der Waals surface area (Å²) in [6.07, 6.45) is -2.30. The van der Waals surface area contributed by atoms with E-state index in [1.54, 1.807) is 0 Å². The first kappa shape index (κ1) is 11.6. The molecule has 0 aromatic carbocycles. The Balaban J connectivity index is 4.26. The first-order valence-corrected chi connectivity index (χ1v) is 6.59. The molecule has 2 nitrogen and oxygen atoms in total. The van der Waals surface area contributed by atoms with E-state index in [2.05, 4.69) is 5.09 Å². The van der Waals surface area contributed by atoms with E-state index < -0.39 is 6.42 Å². The van der Waals surface area contributed by atoms with Crippen molar-refractivity contribution < 1.29 is 4.89 Å². The van der Waals surface area contributed by atoms with Gasteiger partial charge in [-0.25, -0.2) is 0 Å². The summed E-state index contributed by atoms with van der Waals surface area (Å²) in [5, 5.41) is 3.08. The van der Waals surface area contributed by atoms with Gasteiger partial charge in [-0.3, -0.25) is 5.09 Å². The first-order chi connectivity index (χ1) is 4.65. The van der Waals surface area contributed by atoms with Crippen molar-refractivity contribution in [1.82, 2.24) is 5.09 Å². The first-order valence-electron chi connectivity index (χ1n) is 3.77. The Morgan fingerprint density at radius 3 is 1.82 bits per heavy atom. The van der Waals surface area contributed by atoms with Gasteiger partial charge in [-0.1, -0.05) is 25.7 Å². The summed E-state index contributed by atoms with van der Waals surface area (Å²) in [7, 11) is 0. The molecular formula is C7H18NOPS. The smallest absolute Gasteiger partial charge is 0.129 e. The van der Waals surface area contributed by atoms with E-state index in [9.17, 15) is 4.89 Å². The molecule has 1 unspecified atom stereocenters. The monoisotopic (exact) mass is 195 g/mol. The molecule has 0 saturated heterocycles. The fourth-order valence-corrected chi connectivity index (χ4v) is 2.65. The maximum Gasteiger partial charge on any atom is 0.129 e. The van der Waals surface area contributed by atoms with Gasteiger partial charge in [0.2, 0.25) is 0 Å². The quantitative estimate of drug-likeness (QED) is 0.662. The lowest BCUT2D eigenvalue weighted by Gasteiger charge is -2.30. The van der Waals surface area contributed by atoms with E-state index in [1.165, 1.54) is 0 Å². The molecule has 0 aromatic rings. The Kier molecular flexibility index (Phi) is 3.71. The lowest BCUT2D eigenvalue weighted by Crippen LogP contribution is -2.34. The zero-order valence-electron chi connectivity index (χ0n) is 7.88. The van der Waals surface area contributed by atoms with Gasteiger partial charge >= 0.3 is 0 Å².